The summed E-state index contributed by atoms with van der Waals surface area (Å²) in [5.74, 6) is 0. The van der Waals surface area contributed by atoms with Crippen LogP contribution in [0.1, 0.15) is 27.2 Å². The molecule has 0 aliphatic rings. The molecule has 0 heterocycles. The van der Waals surface area contributed by atoms with E-state index in [0.717, 1.165) is 0 Å². The fourth-order valence-electron chi connectivity index (χ4n) is 1.14. The average molecular weight is 201 g/mol. The van der Waals surface area contributed by atoms with Crippen LogP contribution in [0, 0.1) is 5.41 Å². The third kappa shape index (κ3) is 2.33. The molecular formula is C8H15F4N. The molecule has 1 unspecified atom stereocenters. The van der Waals surface area contributed by atoms with Gasteiger partial charge in [-0.25, -0.2) is 4.39 Å². The highest BCUT2D eigenvalue weighted by molar-refractivity contribution is 4.97. The third-order valence-electron chi connectivity index (χ3n) is 2.13. The highest BCUT2D eigenvalue weighted by atomic mass is 19.4. The SMILES string of the molecule is CC(C)(C)C(F)(CCN)C(F)(F)F. The van der Waals surface area contributed by atoms with Gasteiger partial charge in [0, 0.05) is 11.8 Å². The maximum atomic E-state index is 13.6. The molecular weight excluding hydrogens is 186 g/mol. The largest absolute Gasteiger partial charge is 0.423 e. The van der Waals surface area contributed by atoms with Crippen LogP contribution in [0.25, 0.3) is 0 Å². The summed E-state index contributed by atoms with van der Waals surface area (Å²) in [6.07, 6.45) is -5.55. The Labute approximate surface area is 75.3 Å². The number of hydrogen-bond donors (Lipinski definition) is 1. The maximum absolute atomic E-state index is 13.6. The molecule has 1 nitrogen and oxygen atoms in total. The van der Waals surface area contributed by atoms with Crippen molar-refractivity contribution in [3.63, 3.8) is 0 Å². The van der Waals surface area contributed by atoms with Gasteiger partial charge in [-0.3, -0.25) is 0 Å². The van der Waals surface area contributed by atoms with Gasteiger partial charge in [0.15, 0.2) is 0 Å². The third-order valence-corrected chi connectivity index (χ3v) is 2.13. The molecule has 0 aromatic rings. The van der Waals surface area contributed by atoms with Gasteiger partial charge in [-0.15, -0.1) is 0 Å². The lowest BCUT2D eigenvalue weighted by atomic mass is 9.75. The van der Waals surface area contributed by atoms with E-state index in [-0.39, 0.29) is 6.54 Å². The predicted octanol–water partition coefficient (Wildman–Crippen LogP) is 2.65. The molecule has 0 fully saturated rings. The van der Waals surface area contributed by atoms with Gasteiger partial charge in [-0.05, 0) is 6.54 Å². The molecule has 0 spiro atoms. The number of hydrogen-bond acceptors (Lipinski definition) is 1. The minimum Gasteiger partial charge on any atom is -0.330 e. The van der Waals surface area contributed by atoms with Crippen LogP contribution < -0.4 is 5.73 Å². The Hall–Kier alpha value is -0.320. The summed E-state index contributed by atoms with van der Waals surface area (Å²) in [7, 11) is 0. The fourth-order valence-corrected chi connectivity index (χ4v) is 1.14. The second-order valence-electron chi connectivity index (χ2n) is 4.09. The predicted molar refractivity (Wildman–Crippen MR) is 43.0 cm³/mol. The number of nitrogens with two attached hydrogens (primary N) is 1. The van der Waals surface area contributed by atoms with E-state index in [1.165, 1.54) is 20.8 Å². The van der Waals surface area contributed by atoms with Crippen molar-refractivity contribution in [1.82, 2.24) is 0 Å². The number of halogens is 4. The molecule has 0 aromatic carbocycles. The van der Waals surface area contributed by atoms with Gasteiger partial charge in [0.2, 0.25) is 5.67 Å². The summed E-state index contributed by atoms with van der Waals surface area (Å²) in [5, 5.41) is 0. The molecule has 0 aromatic heterocycles. The van der Waals surface area contributed by atoms with E-state index >= 15 is 0 Å². The maximum Gasteiger partial charge on any atom is 0.423 e. The molecule has 0 aliphatic heterocycles. The summed E-state index contributed by atoms with van der Waals surface area (Å²) in [6, 6.07) is 0. The van der Waals surface area contributed by atoms with E-state index in [9.17, 15) is 17.6 Å². The first-order valence-corrected chi connectivity index (χ1v) is 4.02. The first kappa shape index (κ1) is 12.7. The summed E-state index contributed by atoms with van der Waals surface area (Å²) < 4.78 is 50.7. The smallest absolute Gasteiger partial charge is 0.330 e. The molecule has 1 atom stereocenters. The second kappa shape index (κ2) is 3.44. The van der Waals surface area contributed by atoms with Crippen LogP contribution in [-0.4, -0.2) is 18.4 Å². The molecule has 0 saturated heterocycles. The van der Waals surface area contributed by atoms with Crippen molar-refractivity contribution in [3.8, 4) is 0 Å². The first-order valence-electron chi connectivity index (χ1n) is 4.02. The Morgan fingerprint density at radius 2 is 1.38 bits per heavy atom. The van der Waals surface area contributed by atoms with E-state index in [1.807, 2.05) is 0 Å². The van der Waals surface area contributed by atoms with Crippen molar-refractivity contribution in [2.24, 2.45) is 11.1 Å². The minimum atomic E-state index is -4.86. The average Bonchev–Trinajstić information content (AvgIpc) is 1.82. The van der Waals surface area contributed by atoms with Crippen LogP contribution in [0.15, 0.2) is 0 Å². The Bertz CT molecular complexity index is 154. The Kier molecular flexibility index (Phi) is 3.36. The normalized spacial score (nSPS) is 18.5. The minimum absolute atomic E-state index is 0.312. The number of rotatable bonds is 2. The molecule has 13 heavy (non-hydrogen) atoms. The van der Waals surface area contributed by atoms with Gasteiger partial charge in [0.1, 0.15) is 0 Å². The van der Waals surface area contributed by atoms with E-state index in [2.05, 4.69) is 0 Å². The Morgan fingerprint density at radius 3 is 1.46 bits per heavy atom. The van der Waals surface area contributed by atoms with Crippen molar-refractivity contribution >= 4 is 0 Å². The topological polar surface area (TPSA) is 26.0 Å². The standard InChI is InChI=1S/C8H15F4N/c1-6(2,3)7(9,4-5-13)8(10,11)12/h4-5,13H2,1-3H3. The lowest BCUT2D eigenvalue weighted by Crippen LogP contribution is -2.52. The Morgan fingerprint density at radius 1 is 1.00 bits per heavy atom. The van der Waals surface area contributed by atoms with Crippen LogP contribution in [0.4, 0.5) is 17.6 Å². The van der Waals surface area contributed by atoms with Crippen LogP contribution in [0.2, 0.25) is 0 Å². The molecule has 80 valence electrons. The van der Waals surface area contributed by atoms with E-state index < -0.39 is 23.7 Å². The summed E-state index contributed by atoms with van der Waals surface area (Å²) in [6.45, 7) is 3.34. The molecule has 5 heteroatoms. The molecule has 2 N–H and O–H groups in total. The zero-order valence-electron chi connectivity index (χ0n) is 8.00. The van der Waals surface area contributed by atoms with E-state index in [0.29, 0.717) is 0 Å². The lowest BCUT2D eigenvalue weighted by Gasteiger charge is -2.38. The highest BCUT2D eigenvalue weighted by Gasteiger charge is 2.61. The lowest BCUT2D eigenvalue weighted by molar-refractivity contribution is -0.264. The van der Waals surface area contributed by atoms with Gasteiger partial charge in [0.05, 0.1) is 0 Å². The molecule has 0 radical (unpaired) electrons. The van der Waals surface area contributed by atoms with E-state index in [1.54, 1.807) is 0 Å². The van der Waals surface area contributed by atoms with Gasteiger partial charge in [-0.1, -0.05) is 20.8 Å². The van der Waals surface area contributed by atoms with Crippen molar-refractivity contribution in [2.75, 3.05) is 6.54 Å². The zero-order chi connectivity index (χ0) is 10.9. The summed E-state index contributed by atoms with van der Waals surface area (Å²) >= 11 is 0. The highest BCUT2D eigenvalue weighted by Crippen LogP contribution is 2.48. The second-order valence-corrected chi connectivity index (χ2v) is 4.09. The van der Waals surface area contributed by atoms with Crippen LogP contribution >= 0.6 is 0 Å². The van der Waals surface area contributed by atoms with Gasteiger partial charge >= 0.3 is 6.18 Å². The quantitative estimate of drug-likeness (QED) is 0.683. The van der Waals surface area contributed by atoms with Gasteiger partial charge in [0.25, 0.3) is 0 Å². The van der Waals surface area contributed by atoms with Crippen molar-refractivity contribution in [3.05, 3.63) is 0 Å². The number of alkyl halides is 4. The molecule has 0 aliphatic carbocycles. The van der Waals surface area contributed by atoms with E-state index in [4.69, 9.17) is 5.73 Å². The fraction of sp³-hybridized carbons (Fsp3) is 1.00. The Balaban J connectivity index is 4.96. The van der Waals surface area contributed by atoms with Crippen LogP contribution in [0.3, 0.4) is 0 Å². The molecule has 0 bridgehead atoms. The zero-order valence-corrected chi connectivity index (χ0v) is 8.00. The van der Waals surface area contributed by atoms with Crippen molar-refractivity contribution < 1.29 is 17.6 Å². The first-order chi connectivity index (χ1) is 5.56. The van der Waals surface area contributed by atoms with Crippen LogP contribution in [0.5, 0.6) is 0 Å². The molecule has 0 saturated carbocycles. The molecule has 0 rings (SSSR count). The van der Waals surface area contributed by atoms with Crippen molar-refractivity contribution in [1.29, 1.82) is 0 Å². The van der Waals surface area contributed by atoms with Gasteiger partial charge < -0.3 is 5.73 Å². The van der Waals surface area contributed by atoms with Crippen molar-refractivity contribution in [2.45, 2.75) is 39.0 Å². The monoisotopic (exact) mass is 201 g/mol. The van der Waals surface area contributed by atoms with Gasteiger partial charge in [-0.2, -0.15) is 13.2 Å². The summed E-state index contributed by atoms with van der Waals surface area (Å²) in [4.78, 5) is 0. The molecule has 0 amide bonds. The summed E-state index contributed by atoms with van der Waals surface area (Å²) in [5.41, 5.74) is 0.287. The van der Waals surface area contributed by atoms with Crippen LogP contribution in [-0.2, 0) is 0 Å².